The van der Waals surface area contributed by atoms with Crippen LogP contribution in [0, 0.1) is 0 Å². The second-order valence-corrected chi connectivity index (χ2v) is 8.16. The average molecular weight is 383 g/mol. The Morgan fingerprint density at radius 2 is 1.74 bits per heavy atom. The van der Waals surface area contributed by atoms with Crippen LogP contribution >= 0.6 is 0 Å². The molecule has 1 aliphatic heterocycles. The van der Waals surface area contributed by atoms with Gasteiger partial charge in [0.1, 0.15) is 0 Å². The van der Waals surface area contributed by atoms with Gasteiger partial charge in [0, 0.05) is 39.3 Å². The standard InChI is InChI=1S/C21H42N4O2/c1-18(2)26-17-15-25-13-10-19(11-14-25)24-21(22-3)23-12-16-27-20-8-6-4-5-7-9-20/h18-20H,4-17H2,1-3H3,(H2,22,23,24). The second kappa shape index (κ2) is 13.3. The zero-order valence-electron chi connectivity index (χ0n) is 17.8. The Bertz CT molecular complexity index is 401. The molecule has 2 fully saturated rings. The Labute approximate surface area is 166 Å². The van der Waals surface area contributed by atoms with Crippen LogP contribution in [-0.2, 0) is 9.47 Å². The molecule has 0 radical (unpaired) electrons. The molecule has 27 heavy (non-hydrogen) atoms. The van der Waals surface area contributed by atoms with Crippen molar-refractivity contribution in [3.05, 3.63) is 0 Å². The summed E-state index contributed by atoms with van der Waals surface area (Å²) >= 11 is 0. The summed E-state index contributed by atoms with van der Waals surface area (Å²) in [5.74, 6) is 0.904. The summed E-state index contributed by atoms with van der Waals surface area (Å²) in [5, 5.41) is 6.98. The van der Waals surface area contributed by atoms with Crippen LogP contribution in [0.4, 0.5) is 0 Å². The predicted octanol–water partition coefficient (Wildman–Crippen LogP) is 2.78. The lowest BCUT2D eigenvalue weighted by atomic mass is 10.1. The van der Waals surface area contributed by atoms with Gasteiger partial charge in [-0.05, 0) is 39.5 Å². The number of aliphatic imine (C=N–C) groups is 1. The molecular formula is C21H42N4O2. The van der Waals surface area contributed by atoms with Crippen molar-refractivity contribution in [2.75, 3.05) is 46.4 Å². The van der Waals surface area contributed by atoms with Gasteiger partial charge in [-0.15, -0.1) is 0 Å². The van der Waals surface area contributed by atoms with E-state index in [0.29, 0.717) is 18.2 Å². The molecule has 0 aromatic rings. The summed E-state index contributed by atoms with van der Waals surface area (Å²) < 4.78 is 11.7. The summed E-state index contributed by atoms with van der Waals surface area (Å²) in [5.41, 5.74) is 0. The maximum Gasteiger partial charge on any atom is 0.191 e. The largest absolute Gasteiger partial charge is 0.377 e. The highest BCUT2D eigenvalue weighted by molar-refractivity contribution is 5.79. The molecule has 2 rings (SSSR count). The highest BCUT2D eigenvalue weighted by Crippen LogP contribution is 2.19. The van der Waals surface area contributed by atoms with Crippen molar-refractivity contribution in [3.63, 3.8) is 0 Å². The molecule has 1 aliphatic carbocycles. The lowest BCUT2D eigenvalue weighted by molar-refractivity contribution is 0.0467. The molecule has 1 saturated carbocycles. The van der Waals surface area contributed by atoms with Gasteiger partial charge in [0.05, 0.1) is 25.4 Å². The first kappa shape index (κ1) is 22.4. The van der Waals surface area contributed by atoms with Gasteiger partial charge >= 0.3 is 0 Å². The first-order valence-electron chi connectivity index (χ1n) is 11.1. The molecule has 1 heterocycles. The summed E-state index contributed by atoms with van der Waals surface area (Å²) in [6, 6.07) is 0.501. The predicted molar refractivity (Wildman–Crippen MR) is 112 cm³/mol. The minimum atomic E-state index is 0.324. The smallest absolute Gasteiger partial charge is 0.191 e. The first-order chi connectivity index (χ1) is 13.2. The van der Waals surface area contributed by atoms with Gasteiger partial charge in [0.25, 0.3) is 0 Å². The minimum Gasteiger partial charge on any atom is -0.377 e. The molecule has 2 N–H and O–H groups in total. The molecule has 158 valence electrons. The van der Waals surface area contributed by atoms with E-state index in [4.69, 9.17) is 9.47 Å². The SMILES string of the molecule is CN=C(NCCOC1CCCCCC1)NC1CCN(CCOC(C)C)CC1. The monoisotopic (exact) mass is 382 g/mol. The van der Waals surface area contributed by atoms with Crippen molar-refractivity contribution in [1.29, 1.82) is 0 Å². The third kappa shape index (κ3) is 9.77. The Morgan fingerprint density at radius 3 is 2.37 bits per heavy atom. The van der Waals surface area contributed by atoms with Crippen LogP contribution in [0.5, 0.6) is 0 Å². The zero-order valence-corrected chi connectivity index (χ0v) is 17.8. The van der Waals surface area contributed by atoms with E-state index < -0.39 is 0 Å². The van der Waals surface area contributed by atoms with E-state index in [1.54, 1.807) is 0 Å². The lowest BCUT2D eigenvalue weighted by Gasteiger charge is -2.33. The van der Waals surface area contributed by atoms with E-state index in [0.717, 1.165) is 58.2 Å². The van der Waals surface area contributed by atoms with Crippen LogP contribution in [0.3, 0.4) is 0 Å². The third-order valence-electron chi connectivity index (χ3n) is 5.56. The van der Waals surface area contributed by atoms with E-state index in [2.05, 4.69) is 34.4 Å². The van der Waals surface area contributed by atoms with E-state index in [-0.39, 0.29) is 0 Å². The highest BCUT2D eigenvalue weighted by atomic mass is 16.5. The van der Waals surface area contributed by atoms with Crippen LogP contribution in [0.15, 0.2) is 4.99 Å². The van der Waals surface area contributed by atoms with Crippen molar-refractivity contribution < 1.29 is 9.47 Å². The topological polar surface area (TPSA) is 58.1 Å². The Kier molecular flexibility index (Phi) is 11.1. The molecule has 0 unspecified atom stereocenters. The highest BCUT2D eigenvalue weighted by Gasteiger charge is 2.20. The van der Waals surface area contributed by atoms with E-state index >= 15 is 0 Å². The third-order valence-corrected chi connectivity index (χ3v) is 5.56. The van der Waals surface area contributed by atoms with Crippen molar-refractivity contribution in [2.24, 2.45) is 4.99 Å². The second-order valence-electron chi connectivity index (χ2n) is 8.16. The summed E-state index contributed by atoms with van der Waals surface area (Å²) in [4.78, 5) is 6.87. The van der Waals surface area contributed by atoms with Gasteiger partial charge in [-0.1, -0.05) is 25.7 Å². The van der Waals surface area contributed by atoms with E-state index in [1.165, 1.54) is 38.5 Å². The average Bonchev–Trinajstić information content (AvgIpc) is 2.94. The summed E-state index contributed by atoms with van der Waals surface area (Å²) in [6.07, 6.45) is 11.0. The number of likely N-dealkylation sites (tertiary alicyclic amines) is 1. The molecule has 0 aromatic heterocycles. The van der Waals surface area contributed by atoms with Gasteiger partial charge in [0.15, 0.2) is 5.96 Å². The molecule has 6 nitrogen and oxygen atoms in total. The zero-order chi connectivity index (χ0) is 19.3. The van der Waals surface area contributed by atoms with Gasteiger partial charge in [-0.2, -0.15) is 0 Å². The van der Waals surface area contributed by atoms with Crippen LogP contribution in [-0.4, -0.2) is 75.5 Å². The summed E-state index contributed by atoms with van der Waals surface area (Å²) in [6.45, 7) is 9.89. The van der Waals surface area contributed by atoms with Crippen molar-refractivity contribution in [1.82, 2.24) is 15.5 Å². The minimum absolute atomic E-state index is 0.324. The molecule has 6 heteroatoms. The fraction of sp³-hybridized carbons (Fsp3) is 0.952. The molecule has 0 aromatic carbocycles. The quantitative estimate of drug-likeness (QED) is 0.278. The Morgan fingerprint density at radius 1 is 1.04 bits per heavy atom. The first-order valence-corrected chi connectivity index (χ1v) is 11.1. The number of nitrogens with zero attached hydrogens (tertiary/aromatic N) is 2. The number of nitrogens with one attached hydrogen (secondary N) is 2. The lowest BCUT2D eigenvalue weighted by Crippen LogP contribution is -2.49. The number of hydrogen-bond donors (Lipinski definition) is 2. The number of guanidine groups is 1. The van der Waals surface area contributed by atoms with Crippen molar-refractivity contribution >= 4 is 5.96 Å². The number of piperidine rings is 1. The maximum absolute atomic E-state index is 6.05. The van der Waals surface area contributed by atoms with E-state index in [9.17, 15) is 0 Å². The van der Waals surface area contributed by atoms with Gasteiger partial charge in [0.2, 0.25) is 0 Å². The van der Waals surface area contributed by atoms with E-state index in [1.807, 2.05) is 7.05 Å². The molecule has 0 bridgehead atoms. The fourth-order valence-electron chi connectivity index (χ4n) is 3.91. The molecule has 0 amide bonds. The van der Waals surface area contributed by atoms with Gasteiger partial charge in [-0.3, -0.25) is 4.99 Å². The van der Waals surface area contributed by atoms with Gasteiger partial charge in [-0.25, -0.2) is 0 Å². The maximum atomic E-state index is 6.05. The Balaban J connectivity index is 1.54. The normalized spacial score (nSPS) is 21.4. The Hall–Kier alpha value is -0.850. The molecule has 0 spiro atoms. The molecule has 1 saturated heterocycles. The van der Waals surface area contributed by atoms with Crippen LogP contribution in [0.1, 0.15) is 65.2 Å². The number of ether oxygens (including phenoxy) is 2. The number of rotatable bonds is 9. The van der Waals surface area contributed by atoms with Crippen molar-refractivity contribution in [2.45, 2.75) is 83.5 Å². The molecule has 0 atom stereocenters. The number of hydrogen-bond acceptors (Lipinski definition) is 4. The molecular weight excluding hydrogens is 340 g/mol. The van der Waals surface area contributed by atoms with Crippen LogP contribution < -0.4 is 10.6 Å². The van der Waals surface area contributed by atoms with Crippen molar-refractivity contribution in [3.8, 4) is 0 Å². The fourth-order valence-corrected chi connectivity index (χ4v) is 3.91. The van der Waals surface area contributed by atoms with Crippen LogP contribution in [0.25, 0.3) is 0 Å². The molecule has 2 aliphatic rings. The van der Waals surface area contributed by atoms with Gasteiger partial charge < -0.3 is 25.0 Å². The van der Waals surface area contributed by atoms with Crippen LogP contribution in [0.2, 0.25) is 0 Å². The summed E-state index contributed by atoms with van der Waals surface area (Å²) in [7, 11) is 1.85.